The highest BCUT2D eigenvalue weighted by Gasteiger charge is 2.37. The lowest BCUT2D eigenvalue weighted by molar-refractivity contribution is -0.0176. The molecule has 2 aromatic carbocycles. The number of aliphatic hydroxyl groups is 2. The number of rotatable bonds is 21. The lowest BCUT2D eigenvalue weighted by Crippen LogP contribution is -2.21. The van der Waals surface area contributed by atoms with Crippen LogP contribution in [0.1, 0.15) is 263 Å². The number of benzene rings is 2. The summed E-state index contributed by atoms with van der Waals surface area (Å²) in [6.07, 6.45) is 10.0. The number of nitrogens with zero attached hydrogens (tertiary/aromatic N) is 6. The van der Waals surface area contributed by atoms with Gasteiger partial charge in [0.05, 0.1) is 66.1 Å². The Morgan fingerprint density at radius 1 is 0.522 bits per heavy atom. The fourth-order valence-corrected chi connectivity index (χ4v) is 8.93. The van der Waals surface area contributed by atoms with Gasteiger partial charge in [0.1, 0.15) is 59.9 Å². The summed E-state index contributed by atoms with van der Waals surface area (Å²) >= 11 is 5.35. The van der Waals surface area contributed by atoms with Crippen LogP contribution in [-0.4, -0.2) is 100 Å². The molecule has 90 heavy (non-hydrogen) atoms. The molecule has 494 valence electrons. The van der Waals surface area contributed by atoms with Crippen LogP contribution in [0.5, 0.6) is 11.5 Å². The summed E-state index contributed by atoms with van der Waals surface area (Å²) in [5.74, 6) is 6.22. The highest BCUT2D eigenvalue weighted by atomic mass is 35.5. The van der Waals surface area contributed by atoms with Crippen LogP contribution in [0.3, 0.4) is 0 Å². The Kier molecular flexibility index (Phi) is 27.7. The predicted molar refractivity (Wildman–Crippen MR) is 338 cm³/mol. The molecule has 0 unspecified atom stereocenters. The van der Waals surface area contributed by atoms with Crippen molar-refractivity contribution in [3.63, 3.8) is 0 Å². The van der Waals surface area contributed by atoms with E-state index in [1.807, 2.05) is 126 Å². The van der Waals surface area contributed by atoms with Gasteiger partial charge in [-0.3, -0.25) is 14.4 Å². The molecule has 4 aliphatic rings. The number of hydrogen-bond donors (Lipinski definition) is 4. The summed E-state index contributed by atoms with van der Waals surface area (Å²) in [6, 6.07) is 12.1. The lowest BCUT2D eigenvalue weighted by Gasteiger charge is -2.18. The van der Waals surface area contributed by atoms with Crippen molar-refractivity contribution < 1.29 is 76.8 Å². The molecule has 23 heteroatoms. The Bertz CT molecular complexity index is 3300. The van der Waals surface area contributed by atoms with Crippen LogP contribution < -0.4 is 9.47 Å². The average Bonchev–Trinajstić information content (AvgIpc) is 1.71. The Morgan fingerprint density at radius 3 is 1.21 bits per heavy atom. The van der Waals surface area contributed by atoms with E-state index in [1.165, 1.54) is 13.1 Å². The SMILES string of the molecule is CC(=O)c1c(CO)noc1C1CC1.CC(=O)c1c(COC(C)(C)C)noc1C1CC1.CC(=O)c1c(COc2c(C)cccc2C)noc1C1CC1.CC(C)(C)OC/C(Cl)=N/O.CC(C)(C)OC/C=N/O.Cc1cccc(C)c1OCc1noc(C2CC2)c1CO. The third kappa shape index (κ3) is 23.9. The van der Waals surface area contributed by atoms with Crippen LogP contribution in [-0.2, 0) is 47.2 Å². The van der Waals surface area contributed by atoms with Crippen molar-refractivity contribution in [2.24, 2.45) is 10.3 Å². The first-order chi connectivity index (χ1) is 42.4. The van der Waals surface area contributed by atoms with E-state index in [0.717, 1.165) is 108 Å². The predicted octanol–water partition coefficient (Wildman–Crippen LogP) is 14.6. The minimum absolute atomic E-state index is 0.00162. The number of aryl methyl sites for hydroxylation is 4. The molecule has 4 aliphatic carbocycles. The van der Waals surface area contributed by atoms with Crippen molar-refractivity contribution >= 4 is 40.3 Å². The zero-order valence-corrected chi connectivity index (χ0v) is 56.0. The van der Waals surface area contributed by atoms with Crippen LogP contribution in [0.2, 0.25) is 0 Å². The minimum Gasteiger partial charge on any atom is -0.487 e. The number of oxime groups is 2. The number of carbonyl (C=O) groups excluding carboxylic acids is 3. The quantitative estimate of drug-likeness (QED) is 0.0225. The monoisotopic (exact) mass is 1270 g/mol. The van der Waals surface area contributed by atoms with Crippen molar-refractivity contribution in [3.05, 3.63) is 127 Å². The summed E-state index contributed by atoms with van der Waals surface area (Å²) < 4.78 is 48.8. The second-order valence-corrected chi connectivity index (χ2v) is 26.1. The minimum atomic E-state index is -0.245. The van der Waals surface area contributed by atoms with E-state index in [1.54, 1.807) is 13.8 Å². The van der Waals surface area contributed by atoms with Gasteiger partial charge in [-0.1, -0.05) is 78.9 Å². The highest BCUT2D eigenvalue weighted by Crippen LogP contribution is 2.45. The summed E-state index contributed by atoms with van der Waals surface area (Å²) in [7, 11) is 0. The molecular weight excluding hydrogens is 1180 g/mol. The average molecular weight is 1270 g/mol. The molecule has 4 aromatic heterocycles. The first kappa shape index (κ1) is 73.7. The van der Waals surface area contributed by atoms with E-state index in [2.05, 4.69) is 30.9 Å². The van der Waals surface area contributed by atoms with Gasteiger partial charge in [-0.25, -0.2) is 0 Å². The fourth-order valence-electron chi connectivity index (χ4n) is 8.87. The number of Topliss-reactive ketones (excluding diaryl/α,β-unsaturated/α-hetero) is 3. The van der Waals surface area contributed by atoms with Gasteiger partial charge in [0, 0.05) is 29.2 Å². The van der Waals surface area contributed by atoms with Gasteiger partial charge >= 0.3 is 0 Å². The molecule has 0 bridgehead atoms. The first-order valence-electron chi connectivity index (χ1n) is 30.4. The molecular formula is C67H93ClN6O16. The Morgan fingerprint density at radius 2 is 0.867 bits per heavy atom. The number of ether oxygens (including phenoxy) is 5. The van der Waals surface area contributed by atoms with E-state index in [9.17, 15) is 19.5 Å². The number of aromatic nitrogens is 4. The maximum atomic E-state index is 11.9. The number of aliphatic hydroxyl groups excluding tert-OH is 2. The maximum absolute atomic E-state index is 11.9. The number of carbonyl (C=O) groups is 3. The summed E-state index contributed by atoms with van der Waals surface area (Å²) in [5.41, 5.74) is 8.56. The first-order valence-corrected chi connectivity index (χ1v) is 30.8. The van der Waals surface area contributed by atoms with Crippen LogP contribution in [0.25, 0.3) is 0 Å². The van der Waals surface area contributed by atoms with Crippen molar-refractivity contribution in [2.75, 3.05) is 13.2 Å². The van der Waals surface area contributed by atoms with Crippen molar-refractivity contribution in [1.29, 1.82) is 0 Å². The molecule has 4 N–H and O–H groups in total. The Balaban J connectivity index is 0.000000202. The van der Waals surface area contributed by atoms with Gasteiger partial charge in [-0.2, -0.15) is 0 Å². The Hall–Kier alpha value is -7.08. The molecule has 4 saturated carbocycles. The van der Waals surface area contributed by atoms with Gasteiger partial charge < -0.3 is 62.4 Å². The zero-order valence-electron chi connectivity index (χ0n) is 55.2. The summed E-state index contributed by atoms with van der Waals surface area (Å²) in [5, 5.41) is 55.9. The molecule has 4 heterocycles. The standard InChI is InChI=1S/C17H19NO3.C16H19NO3.C13H19NO3.C9H11NO3.C6H12ClNO2.C6H13NO2/c1-10-5-4-6-11(2)16(10)20-9-14-15(12(3)19)17(21-18-14)13-7-8-13;1-10-4-3-5-11(2)15(10)19-9-14-13(8-18)16(20-17-14)12-6-7-12;1-8(15)11-10(7-16-13(2,3)4)14-17-12(11)9-5-6-9;1-5(12)8-7(4-11)10-13-9(8)6-2-3-6;1-6(2,3)10-4-5(7)8-9;1-6(2,3)9-5-4-7-8/h4-6,13H,7-9H2,1-3H3;3-5,12,18H,6-9H2,1-2H3;9H,5-7H2,1-4H3;6,11H,2-4H2,1H3;9H,4H2,1-3H3;4,8H,5H2,1-3H3/b;;;;8-5-;7-4+. The topological polar surface area (TPSA) is 307 Å². The third-order valence-corrected chi connectivity index (χ3v) is 14.2. The normalized spacial score (nSPS) is 14.8. The van der Waals surface area contributed by atoms with E-state index >= 15 is 0 Å². The van der Waals surface area contributed by atoms with Gasteiger partial charge in [0.2, 0.25) is 0 Å². The number of ketones is 3. The van der Waals surface area contributed by atoms with Gasteiger partial charge in [-0.05, 0) is 184 Å². The largest absolute Gasteiger partial charge is 0.487 e. The maximum Gasteiger partial charge on any atom is 0.170 e. The molecule has 0 atom stereocenters. The van der Waals surface area contributed by atoms with E-state index in [4.69, 9.17) is 68.9 Å². The smallest absolute Gasteiger partial charge is 0.170 e. The van der Waals surface area contributed by atoms with Crippen LogP contribution in [0.15, 0.2) is 64.8 Å². The van der Waals surface area contributed by atoms with Gasteiger partial charge in [-0.15, -0.1) is 0 Å². The van der Waals surface area contributed by atoms with E-state index < -0.39 is 0 Å². The number of halogens is 1. The number of para-hydroxylation sites is 2. The summed E-state index contributed by atoms with van der Waals surface area (Å²) in [4.78, 5) is 34.7. The van der Waals surface area contributed by atoms with Crippen molar-refractivity contribution in [1.82, 2.24) is 20.6 Å². The molecule has 10 rings (SSSR count). The van der Waals surface area contributed by atoms with Gasteiger partial charge in [0.15, 0.2) is 39.8 Å². The lowest BCUT2D eigenvalue weighted by atomic mass is 10.1. The molecule has 0 saturated heterocycles. The van der Waals surface area contributed by atoms with Crippen LogP contribution in [0, 0.1) is 27.7 Å². The van der Waals surface area contributed by atoms with E-state index in [0.29, 0.717) is 88.7 Å². The van der Waals surface area contributed by atoms with Crippen molar-refractivity contribution in [3.8, 4) is 11.5 Å². The van der Waals surface area contributed by atoms with Gasteiger partial charge in [0.25, 0.3) is 0 Å². The van der Waals surface area contributed by atoms with Crippen molar-refractivity contribution in [2.45, 2.75) is 236 Å². The summed E-state index contributed by atoms with van der Waals surface area (Å²) in [6.45, 7) is 31.2. The number of hydrogen-bond acceptors (Lipinski definition) is 22. The second-order valence-electron chi connectivity index (χ2n) is 25.7. The molecule has 6 aromatic rings. The zero-order chi connectivity index (χ0) is 66.7. The van der Waals surface area contributed by atoms with Crippen LogP contribution >= 0.6 is 11.6 Å². The third-order valence-electron chi connectivity index (χ3n) is 14.0. The molecule has 0 radical (unpaired) electrons. The molecule has 0 aliphatic heterocycles. The highest BCUT2D eigenvalue weighted by molar-refractivity contribution is 6.65. The molecule has 0 spiro atoms. The van der Waals surface area contributed by atoms with E-state index in [-0.39, 0.29) is 65.8 Å². The fraction of sp³-hybridized carbons (Fsp3) is 0.567. The Labute approximate surface area is 533 Å². The molecule has 22 nitrogen and oxygen atoms in total. The molecule has 0 amide bonds. The second kappa shape index (κ2) is 33.8. The molecule has 4 fully saturated rings. The van der Waals surface area contributed by atoms with Crippen LogP contribution in [0.4, 0.5) is 0 Å².